The number of hydrogen-bond acceptors (Lipinski definition) is 6. The van der Waals surface area contributed by atoms with Gasteiger partial charge in [0.15, 0.2) is 0 Å². The zero-order chi connectivity index (χ0) is 16.1. The molecule has 3 aliphatic heterocycles. The molecule has 122 valence electrons. The highest BCUT2D eigenvalue weighted by atomic mass is 32.3. The molecule has 22 heavy (non-hydrogen) atoms. The first-order valence-electron chi connectivity index (χ1n) is 5.50. The maximum Gasteiger partial charge on any atom is 0.423 e. The molecule has 3 heterocycles. The van der Waals surface area contributed by atoms with Gasteiger partial charge < -0.3 is 0 Å². The lowest BCUT2D eigenvalue weighted by atomic mass is 10.4. The van der Waals surface area contributed by atoms with E-state index in [1.807, 2.05) is 0 Å². The highest BCUT2D eigenvalue weighted by molar-refractivity contribution is 8.43. The molecular weight excluding hydrogens is 427 g/mol. The zero-order valence-corrected chi connectivity index (χ0v) is 15.0. The largest absolute Gasteiger partial charge is 0.423 e. The first-order chi connectivity index (χ1) is 10.2. The monoisotopic (exact) mass is 430 g/mol. The Kier molecular flexibility index (Phi) is 5.09. The average molecular weight is 431 g/mol. The van der Waals surface area contributed by atoms with Gasteiger partial charge in [-0.15, -0.1) is 23.5 Å². The maximum absolute atomic E-state index is 12.9. The van der Waals surface area contributed by atoms with E-state index in [0.29, 0.717) is 4.24 Å². The maximum atomic E-state index is 12.9. The Morgan fingerprint density at radius 3 is 1.27 bits per heavy atom. The van der Waals surface area contributed by atoms with Gasteiger partial charge in [-0.1, -0.05) is 47.0 Å². The van der Waals surface area contributed by atoms with Crippen LogP contribution in [0.25, 0.3) is 0 Å². The molecule has 0 aromatic carbocycles. The van der Waals surface area contributed by atoms with E-state index in [0.717, 1.165) is 20.0 Å². The number of hydrogen-bond donors (Lipinski definition) is 0. The van der Waals surface area contributed by atoms with Crippen LogP contribution in [0.2, 0.25) is 0 Å². The van der Waals surface area contributed by atoms with E-state index < -0.39 is 22.2 Å². The molecule has 0 saturated carbocycles. The molecule has 0 amide bonds. The number of alkyl halides is 6. The van der Waals surface area contributed by atoms with Crippen LogP contribution in [0.3, 0.4) is 0 Å². The number of rotatable bonds is 0. The van der Waals surface area contributed by atoms with Crippen molar-refractivity contribution in [3.8, 4) is 0 Å². The van der Waals surface area contributed by atoms with Gasteiger partial charge in [0.05, 0.1) is 16.9 Å². The molecule has 0 spiro atoms. The van der Waals surface area contributed by atoms with Gasteiger partial charge in [0, 0.05) is 11.5 Å². The highest BCUT2D eigenvalue weighted by Gasteiger charge is 2.51. The van der Waals surface area contributed by atoms with Crippen LogP contribution in [0.15, 0.2) is 26.8 Å². The van der Waals surface area contributed by atoms with Crippen molar-refractivity contribution in [3.05, 3.63) is 26.8 Å². The van der Waals surface area contributed by atoms with Gasteiger partial charge in [0.25, 0.3) is 0 Å². The van der Waals surface area contributed by atoms with Crippen LogP contribution in [0.5, 0.6) is 0 Å². The fourth-order valence-corrected chi connectivity index (χ4v) is 10.3. The van der Waals surface area contributed by atoms with E-state index >= 15 is 0 Å². The lowest BCUT2D eigenvalue weighted by molar-refractivity contribution is -0.103. The third kappa shape index (κ3) is 3.61. The summed E-state index contributed by atoms with van der Waals surface area (Å²) in [4.78, 5) is -3.11. The molecule has 3 rings (SSSR count). The number of allylic oxidation sites excluding steroid dienone is 2. The summed E-state index contributed by atoms with van der Waals surface area (Å²) in [5.41, 5.74) is 0. The highest BCUT2D eigenvalue weighted by Crippen LogP contribution is 2.67. The van der Waals surface area contributed by atoms with E-state index in [1.54, 1.807) is 23.5 Å². The van der Waals surface area contributed by atoms with E-state index in [4.69, 9.17) is 0 Å². The third-order valence-corrected chi connectivity index (χ3v) is 11.4. The second kappa shape index (κ2) is 6.32. The predicted octanol–water partition coefficient (Wildman–Crippen LogP) is 7.02. The molecular formula is C10H4F6S6. The second-order valence-corrected chi connectivity index (χ2v) is 11.2. The van der Waals surface area contributed by atoms with Crippen LogP contribution in [-0.2, 0) is 0 Å². The molecule has 12 heteroatoms. The van der Waals surface area contributed by atoms with Crippen molar-refractivity contribution in [1.82, 2.24) is 0 Å². The zero-order valence-electron chi connectivity index (χ0n) is 10.1. The summed E-state index contributed by atoms with van der Waals surface area (Å²) < 4.78 is 79.7. The molecule has 0 bridgehead atoms. The molecule has 0 atom stereocenters. The van der Waals surface area contributed by atoms with Crippen molar-refractivity contribution in [1.29, 1.82) is 0 Å². The molecule has 0 N–H and O–H groups in total. The van der Waals surface area contributed by atoms with Crippen LogP contribution < -0.4 is 0 Å². The first-order valence-corrected chi connectivity index (χ1v) is 10.7. The van der Waals surface area contributed by atoms with Crippen molar-refractivity contribution in [2.75, 3.05) is 11.5 Å². The average Bonchev–Trinajstić information content (AvgIpc) is 3.01. The fraction of sp³-hybridized carbons (Fsp3) is 0.400. The standard InChI is InChI=1S/C10H4F6S6/c11-9(12,13)3-4(10(14,15)16)20-7(19-3)8-21-5-6(22-8)18-2-1-17-5/h1-2H2. The van der Waals surface area contributed by atoms with E-state index in [-0.39, 0.29) is 27.8 Å². The first kappa shape index (κ1) is 17.7. The van der Waals surface area contributed by atoms with Gasteiger partial charge in [-0.25, -0.2) is 0 Å². The molecule has 3 aliphatic rings. The normalized spacial score (nSPS) is 23.7. The topological polar surface area (TPSA) is 0 Å². The molecule has 0 unspecified atom stereocenters. The van der Waals surface area contributed by atoms with E-state index in [1.165, 1.54) is 23.5 Å². The SMILES string of the molecule is FC(F)(F)C1=C(C(F)(F)F)SC(=C2SC3=C(SCCS3)S2)S1. The van der Waals surface area contributed by atoms with Gasteiger partial charge in [0.1, 0.15) is 9.81 Å². The fourth-order valence-electron chi connectivity index (χ4n) is 1.56. The Bertz CT molecular complexity index is 550. The summed E-state index contributed by atoms with van der Waals surface area (Å²) >= 11 is 6.13. The summed E-state index contributed by atoms with van der Waals surface area (Å²) in [6.45, 7) is 0. The van der Waals surface area contributed by atoms with Gasteiger partial charge in [-0.3, -0.25) is 0 Å². The number of halogens is 6. The van der Waals surface area contributed by atoms with E-state index in [9.17, 15) is 26.3 Å². The summed E-state index contributed by atoms with van der Waals surface area (Å²) in [6.07, 6.45) is -9.98. The second-order valence-electron chi connectivity index (χ2n) is 3.91. The van der Waals surface area contributed by atoms with Crippen LogP contribution in [0.1, 0.15) is 0 Å². The predicted molar refractivity (Wildman–Crippen MR) is 88.5 cm³/mol. The molecule has 0 aromatic rings. The quantitative estimate of drug-likeness (QED) is 0.376. The molecule has 0 aromatic heterocycles. The summed E-state index contributed by atoms with van der Waals surface area (Å²) in [5, 5.41) is 0. The van der Waals surface area contributed by atoms with Gasteiger partial charge in [-0.05, 0) is 0 Å². The molecule has 0 aliphatic carbocycles. The minimum Gasteiger partial charge on any atom is -0.166 e. The van der Waals surface area contributed by atoms with Crippen molar-refractivity contribution in [2.24, 2.45) is 0 Å². The summed E-state index contributed by atoms with van der Waals surface area (Å²) in [6, 6.07) is 0. The van der Waals surface area contributed by atoms with Gasteiger partial charge >= 0.3 is 12.4 Å². The Labute approximate surface area is 147 Å². The molecule has 0 radical (unpaired) electrons. The molecule has 0 saturated heterocycles. The lowest BCUT2D eigenvalue weighted by Crippen LogP contribution is -2.16. The summed E-state index contributed by atoms with van der Waals surface area (Å²) in [5.74, 6) is 1.81. The van der Waals surface area contributed by atoms with Crippen LogP contribution in [0, 0.1) is 0 Å². The Morgan fingerprint density at radius 2 is 0.909 bits per heavy atom. The van der Waals surface area contributed by atoms with Crippen LogP contribution in [0.4, 0.5) is 26.3 Å². The van der Waals surface area contributed by atoms with Crippen molar-refractivity contribution < 1.29 is 26.3 Å². The molecule has 0 nitrogen and oxygen atoms in total. The van der Waals surface area contributed by atoms with Gasteiger partial charge in [-0.2, -0.15) is 26.3 Å². The Hall–Kier alpha value is 0.900. The third-order valence-electron chi connectivity index (χ3n) is 2.36. The number of thioether (sulfide) groups is 6. The minimum atomic E-state index is -4.99. The Balaban J connectivity index is 1.88. The van der Waals surface area contributed by atoms with Crippen molar-refractivity contribution >= 4 is 70.6 Å². The van der Waals surface area contributed by atoms with Crippen LogP contribution in [-0.4, -0.2) is 23.9 Å². The van der Waals surface area contributed by atoms with Crippen LogP contribution >= 0.6 is 70.6 Å². The molecule has 0 fully saturated rings. The summed E-state index contributed by atoms with van der Waals surface area (Å²) in [7, 11) is 0. The lowest BCUT2D eigenvalue weighted by Gasteiger charge is -2.10. The van der Waals surface area contributed by atoms with E-state index in [2.05, 4.69) is 0 Å². The van der Waals surface area contributed by atoms with Gasteiger partial charge in [0.2, 0.25) is 0 Å². The minimum absolute atomic E-state index is 0.0743. The van der Waals surface area contributed by atoms with Crippen molar-refractivity contribution in [2.45, 2.75) is 12.4 Å². The Morgan fingerprint density at radius 1 is 0.545 bits per heavy atom. The smallest absolute Gasteiger partial charge is 0.166 e. The van der Waals surface area contributed by atoms with Crippen molar-refractivity contribution in [3.63, 3.8) is 0 Å².